The zero-order chi connectivity index (χ0) is 14.6. The molecular weight excluding hydrogens is 254 g/mol. The number of nitrogens with zero attached hydrogens (tertiary/aromatic N) is 1. The second kappa shape index (κ2) is 6.46. The van der Waals surface area contributed by atoms with Gasteiger partial charge in [0.15, 0.2) is 0 Å². The van der Waals surface area contributed by atoms with Gasteiger partial charge in [-0.25, -0.2) is 0 Å². The highest BCUT2D eigenvalue weighted by atomic mass is 16.5. The van der Waals surface area contributed by atoms with E-state index in [1.807, 2.05) is 18.2 Å². The zero-order valence-electron chi connectivity index (χ0n) is 12.7. The first kappa shape index (κ1) is 15.1. The van der Waals surface area contributed by atoms with Crippen LogP contribution in [0, 0.1) is 0 Å². The van der Waals surface area contributed by atoms with E-state index in [-0.39, 0.29) is 0 Å². The number of benzene rings is 1. The van der Waals surface area contributed by atoms with E-state index in [0.29, 0.717) is 5.75 Å². The number of likely N-dealkylation sites (tertiary alicyclic amines) is 1. The molecule has 0 unspecified atom stereocenters. The molecule has 0 aromatic heterocycles. The summed E-state index contributed by atoms with van der Waals surface area (Å²) in [5.41, 5.74) is 0.0823. The molecule has 0 amide bonds. The van der Waals surface area contributed by atoms with Crippen molar-refractivity contribution in [3.05, 3.63) is 23.8 Å². The highest BCUT2D eigenvalue weighted by Gasteiger charge is 2.36. The molecule has 1 fully saturated rings. The van der Waals surface area contributed by atoms with Gasteiger partial charge in [-0.1, -0.05) is 6.92 Å². The molecule has 0 aliphatic carbocycles. The first-order valence-electron chi connectivity index (χ1n) is 7.30. The Morgan fingerprint density at radius 2 is 1.90 bits per heavy atom. The van der Waals surface area contributed by atoms with Crippen molar-refractivity contribution in [2.24, 2.45) is 0 Å². The Hall–Kier alpha value is -1.26. The number of hydrogen-bond acceptors (Lipinski definition) is 4. The molecule has 4 heteroatoms. The molecule has 1 aliphatic rings. The van der Waals surface area contributed by atoms with Crippen molar-refractivity contribution in [2.75, 3.05) is 33.9 Å². The van der Waals surface area contributed by atoms with Crippen molar-refractivity contribution in [1.82, 2.24) is 4.90 Å². The van der Waals surface area contributed by atoms with Crippen LogP contribution in [0.15, 0.2) is 18.2 Å². The van der Waals surface area contributed by atoms with Crippen LogP contribution >= 0.6 is 0 Å². The van der Waals surface area contributed by atoms with E-state index in [2.05, 4.69) is 11.8 Å². The molecule has 4 nitrogen and oxygen atoms in total. The minimum atomic E-state index is -0.790. The first-order valence-corrected chi connectivity index (χ1v) is 7.30. The van der Waals surface area contributed by atoms with Crippen molar-refractivity contribution in [3.63, 3.8) is 0 Å². The summed E-state index contributed by atoms with van der Waals surface area (Å²) in [5.74, 6) is 1.45. The van der Waals surface area contributed by atoms with E-state index in [4.69, 9.17) is 9.47 Å². The fraction of sp³-hybridized carbons (Fsp3) is 0.625. The van der Waals surface area contributed by atoms with Gasteiger partial charge < -0.3 is 19.5 Å². The molecule has 20 heavy (non-hydrogen) atoms. The van der Waals surface area contributed by atoms with Crippen molar-refractivity contribution in [1.29, 1.82) is 0 Å². The average molecular weight is 279 g/mol. The molecule has 2 rings (SSSR count). The van der Waals surface area contributed by atoms with E-state index in [0.717, 1.165) is 50.2 Å². The predicted molar refractivity (Wildman–Crippen MR) is 79.4 cm³/mol. The van der Waals surface area contributed by atoms with Crippen molar-refractivity contribution in [2.45, 2.75) is 31.8 Å². The Labute approximate surface area is 121 Å². The second-order valence-electron chi connectivity index (χ2n) is 5.44. The van der Waals surface area contributed by atoms with E-state index in [9.17, 15) is 5.11 Å². The van der Waals surface area contributed by atoms with Gasteiger partial charge in [-0.05, 0) is 37.9 Å². The third-order valence-corrected chi connectivity index (χ3v) is 4.13. The zero-order valence-corrected chi connectivity index (χ0v) is 12.7. The van der Waals surface area contributed by atoms with Crippen LogP contribution in [0.5, 0.6) is 11.5 Å². The van der Waals surface area contributed by atoms with Crippen LogP contribution in [0.1, 0.15) is 31.7 Å². The standard InChI is InChI=1S/C16H25NO3/c1-4-9-17-10-7-16(18,8-11-17)14-6-5-13(19-2)12-15(14)20-3/h5-6,12,18H,4,7-11H2,1-3H3. The monoisotopic (exact) mass is 279 g/mol. The molecule has 0 spiro atoms. The van der Waals surface area contributed by atoms with E-state index in [1.165, 1.54) is 0 Å². The Morgan fingerprint density at radius 1 is 1.20 bits per heavy atom. The maximum atomic E-state index is 11.0. The topological polar surface area (TPSA) is 41.9 Å². The molecule has 0 radical (unpaired) electrons. The number of rotatable bonds is 5. The lowest BCUT2D eigenvalue weighted by atomic mass is 9.83. The number of piperidine rings is 1. The third-order valence-electron chi connectivity index (χ3n) is 4.13. The second-order valence-corrected chi connectivity index (χ2v) is 5.44. The quantitative estimate of drug-likeness (QED) is 0.898. The Balaban J connectivity index is 2.18. The SMILES string of the molecule is CCCN1CCC(O)(c2ccc(OC)cc2OC)CC1. The molecule has 112 valence electrons. The summed E-state index contributed by atoms with van der Waals surface area (Å²) >= 11 is 0. The molecule has 0 bridgehead atoms. The molecule has 0 atom stereocenters. The highest BCUT2D eigenvalue weighted by Crippen LogP contribution is 2.39. The van der Waals surface area contributed by atoms with Gasteiger partial charge in [0.2, 0.25) is 0 Å². The number of aliphatic hydroxyl groups is 1. The lowest BCUT2D eigenvalue weighted by Gasteiger charge is -2.39. The van der Waals surface area contributed by atoms with Gasteiger partial charge in [0.25, 0.3) is 0 Å². The van der Waals surface area contributed by atoms with Crippen molar-refractivity contribution >= 4 is 0 Å². The summed E-state index contributed by atoms with van der Waals surface area (Å²) < 4.78 is 10.6. The summed E-state index contributed by atoms with van der Waals surface area (Å²) in [6.45, 7) is 5.15. The van der Waals surface area contributed by atoms with Crippen molar-refractivity contribution in [3.8, 4) is 11.5 Å². The van der Waals surface area contributed by atoms with Gasteiger partial charge in [-0.2, -0.15) is 0 Å². The highest BCUT2D eigenvalue weighted by molar-refractivity contribution is 5.44. The van der Waals surface area contributed by atoms with E-state index < -0.39 is 5.60 Å². The average Bonchev–Trinajstić information content (AvgIpc) is 2.49. The summed E-state index contributed by atoms with van der Waals surface area (Å²) in [5, 5.41) is 11.0. The fourth-order valence-corrected chi connectivity index (χ4v) is 2.92. The fourth-order valence-electron chi connectivity index (χ4n) is 2.92. The molecular formula is C16H25NO3. The van der Waals surface area contributed by atoms with Gasteiger partial charge in [0.1, 0.15) is 11.5 Å². The minimum Gasteiger partial charge on any atom is -0.497 e. The summed E-state index contributed by atoms with van der Waals surface area (Å²) in [4.78, 5) is 2.41. The first-order chi connectivity index (χ1) is 9.62. The predicted octanol–water partition coefficient (Wildman–Crippen LogP) is 2.40. The number of methoxy groups -OCH3 is 2. The van der Waals surface area contributed by atoms with Gasteiger partial charge in [-0.3, -0.25) is 0 Å². The Morgan fingerprint density at radius 3 is 2.45 bits per heavy atom. The van der Waals surface area contributed by atoms with Crippen LogP contribution in [-0.4, -0.2) is 43.9 Å². The maximum absolute atomic E-state index is 11.0. The van der Waals surface area contributed by atoms with E-state index >= 15 is 0 Å². The summed E-state index contributed by atoms with van der Waals surface area (Å²) in [7, 11) is 3.26. The number of hydrogen-bond donors (Lipinski definition) is 1. The van der Waals surface area contributed by atoms with Crippen LogP contribution in [0.4, 0.5) is 0 Å². The molecule has 1 saturated heterocycles. The molecule has 1 N–H and O–H groups in total. The van der Waals surface area contributed by atoms with Crippen LogP contribution in [0.2, 0.25) is 0 Å². The van der Waals surface area contributed by atoms with E-state index in [1.54, 1.807) is 14.2 Å². The molecule has 0 saturated carbocycles. The number of ether oxygens (including phenoxy) is 2. The lowest BCUT2D eigenvalue weighted by Crippen LogP contribution is -2.42. The van der Waals surface area contributed by atoms with Gasteiger partial charge in [0.05, 0.1) is 19.8 Å². The molecule has 1 aromatic carbocycles. The smallest absolute Gasteiger partial charge is 0.128 e. The van der Waals surface area contributed by atoms with Gasteiger partial charge in [-0.15, -0.1) is 0 Å². The summed E-state index contributed by atoms with van der Waals surface area (Å²) in [6, 6.07) is 5.65. The van der Waals surface area contributed by atoms with Gasteiger partial charge in [0, 0.05) is 24.7 Å². The van der Waals surface area contributed by atoms with Crippen LogP contribution in [0.25, 0.3) is 0 Å². The minimum absolute atomic E-state index is 0.704. The normalized spacial score (nSPS) is 18.8. The van der Waals surface area contributed by atoms with Crippen molar-refractivity contribution < 1.29 is 14.6 Å². The van der Waals surface area contributed by atoms with Gasteiger partial charge >= 0.3 is 0 Å². The van der Waals surface area contributed by atoms with Crippen LogP contribution in [-0.2, 0) is 5.60 Å². The molecule has 1 aliphatic heterocycles. The third kappa shape index (κ3) is 3.07. The lowest BCUT2D eigenvalue weighted by molar-refractivity contribution is -0.0273. The summed E-state index contributed by atoms with van der Waals surface area (Å²) in [6.07, 6.45) is 2.65. The maximum Gasteiger partial charge on any atom is 0.128 e. The molecule has 1 aromatic rings. The largest absolute Gasteiger partial charge is 0.497 e. The molecule has 1 heterocycles. The van der Waals surface area contributed by atoms with Crippen LogP contribution in [0.3, 0.4) is 0 Å². The van der Waals surface area contributed by atoms with Crippen LogP contribution < -0.4 is 9.47 Å². The Bertz CT molecular complexity index is 439. The Kier molecular flexibility index (Phi) is 4.89.